The summed E-state index contributed by atoms with van der Waals surface area (Å²) in [6.07, 6.45) is -21.9. The average Bonchev–Trinajstić information content (AvgIpc) is 3.38. The minimum Gasteiger partial charge on any atom is -0.457 e. The first-order valence-electron chi connectivity index (χ1n) is 16.9. The fraction of sp³-hybridized carbons (Fsp3) is 0.484. The van der Waals surface area contributed by atoms with E-state index < -0.39 is 106 Å². The molecule has 0 bridgehead atoms. The van der Waals surface area contributed by atoms with Crippen LogP contribution in [0.5, 0.6) is 11.5 Å². The second kappa shape index (κ2) is 19.8. The van der Waals surface area contributed by atoms with Gasteiger partial charge in [-0.05, 0) is 45.0 Å². The van der Waals surface area contributed by atoms with Crippen LogP contribution < -0.4 is 4.74 Å². The van der Waals surface area contributed by atoms with E-state index in [0.29, 0.717) is 53.6 Å². The van der Waals surface area contributed by atoms with Crippen LogP contribution in [-0.2, 0) is 14.9 Å². The smallest absolute Gasteiger partial charge is 0.411 e. The number of carbonyl (C=O) groups is 4. The molecule has 0 unspecified atom stereocenters. The quantitative estimate of drug-likeness (QED) is 0.150. The van der Waals surface area contributed by atoms with Crippen molar-refractivity contribution in [1.82, 2.24) is 0 Å². The Morgan fingerprint density at radius 2 is 0.740 bits per heavy atom. The van der Waals surface area contributed by atoms with Crippen LogP contribution in [-0.4, -0.2) is 55.4 Å². The number of rotatable bonds is 0. The van der Waals surface area contributed by atoms with Gasteiger partial charge in [0.15, 0.2) is 0 Å². The number of ether oxygens (including phenoxy) is 3. The number of cyclic esters (lactones) is 4. The van der Waals surface area contributed by atoms with Crippen molar-refractivity contribution in [2.24, 2.45) is 0 Å². The molecule has 284 valence electrons. The zero-order valence-corrected chi connectivity index (χ0v) is 26.8. The van der Waals surface area contributed by atoms with Gasteiger partial charge in [0, 0.05) is 15.2 Å². The molecule has 3 aliphatic heterocycles. The Balaban J connectivity index is 0. The van der Waals surface area contributed by atoms with Gasteiger partial charge in [-0.3, -0.25) is 0 Å². The molecule has 3 aliphatic rings. The highest BCUT2D eigenvalue weighted by Crippen LogP contribution is 2.63. The maximum Gasteiger partial charge on any atom is 0.411 e. The highest BCUT2D eigenvalue weighted by Gasteiger charge is 2.75. The largest absolute Gasteiger partial charge is 0.457 e. The predicted molar refractivity (Wildman–Crippen MR) is 154 cm³/mol. The van der Waals surface area contributed by atoms with Gasteiger partial charge in [0.05, 0.1) is 22.3 Å². The van der Waals surface area contributed by atoms with E-state index in [-0.39, 0.29) is 12.1 Å². The fourth-order valence-corrected chi connectivity index (χ4v) is 4.01. The van der Waals surface area contributed by atoms with E-state index in [4.69, 9.17) is 13.0 Å². The number of carbonyl (C=O) groups excluding carboxylic acids is 4. The molecule has 0 aromatic heterocycles. The number of fused-ring (bicyclic) bond motifs is 4. The Labute approximate surface area is 287 Å². The second-order valence-electron chi connectivity index (χ2n) is 8.34. The lowest BCUT2D eigenvalue weighted by Gasteiger charge is -2.42. The summed E-state index contributed by atoms with van der Waals surface area (Å²) >= 11 is 0. The molecule has 0 spiro atoms. The van der Waals surface area contributed by atoms with Gasteiger partial charge >= 0.3 is 36.2 Å². The number of halogens is 12. The van der Waals surface area contributed by atoms with E-state index in [1.165, 1.54) is 0 Å². The van der Waals surface area contributed by atoms with Gasteiger partial charge in [-0.15, -0.1) is 0 Å². The van der Waals surface area contributed by atoms with Gasteiger partial charge in [0.2, 0.25) is 24.6 Å². The van der Waals surface area contributed by atoms with Gasteiger partial charge < -0.3 is 14.2 Å². The molecule has 0 radical (unpaired) electrons. The summed E-state index contributed by atoms with van der Waals surface area (Å²) in [6, 6.07) is 1.53. The number of benzene rings is 2. The summed E-state index contributed by atoms with van der Waals surface area (Å²) in [5.74, 6) is -7.49. The minimum atomic E-state index is -6.07. The van der Waals surface area contributed by atoms with E-state index in [1.54, 1.807) is 20.8 Å². The van der Waals surface area contributed by atoms with Crippen LogP contribution in [0.1, 0.15) is 123 Å². The molecule has 0 aliphatic carbocycles. The first kappa shape index (κ1) is 36.9. The number of hydrogen-bond donors (Lipinski definition) is 0. The Morgan fingerprint density at radius 1 is 0.540 bits per heavy atom. The number of esters is 4. The molecule has 0 N–H and O–H groups in total. The second-order valence-corrected chi connectivity index (χ2v) is 8.34. The van der Waals surface area contributed by atoms with Gasteiger partial charge in [-0.1, -0.05) is 41.5 Å². The molecule has 5 rings (SSSR count). The van der Waals surface area contributed by atoms with Crippen molar-refractivity contribution in [3.63, 3.8) is 0 Å². The van der Waals surface area contributed by atoms with E-state index in [9.17, 15) is 71.9 Å². The zero-order valence-electron chi connectivity index (χ0n) is 32.8. The molecule has 50 heavy (non-hydrogen) atoms. The lowest BCUT2D eigenvalue weighted by Crippen LogP contribution is -2.56. The van der Waals surface area contributed by atoms with Crippen molar-refractivity contribution in [3.05, 3.63) is 57.6 Å². The third-order valence-electron chi connectivity index (χ3n) is 5.37. The standard InChI is InChI=1S/C19H4F6O7.3C2H4F2.3C2H6/c20-18(21,22)17(19(23,24)25)9-1-5-7(15(28)31-13(5)26)3-11(9)30-12-4-8-6(2-10(12)17)14(27)32-16(8)29;3*1-2(3)4;3*1-2/h1-4H;3*2H,1H3;3*1-2H3/i;3*2D;3*1D. The average molecular weight is 753 g/mol. The fourth-order valence-electron chi connectivity index (χ4n) is 4.01. The molecule has 0 fully saturated rings. The van der Waals surface area contributed by atoms with Crippen LogP contribution in [0.2, 0.25) is 0 Å². The lowest BCUT2D eigenvalue weighted by atomic mass is 9.69. The monoisotopic (exact) mass is 752 g/mol. The normalized spacial score (nSPS) is 16.5. The van der Waals surface area contributed by atoms with Crippen LogP contribution in [0.4, 0.5) is 52.7 Å². The molecule has 3 heterocycles. The molecular formula is C31H34F12O7. The van der Waals surface area contributed by atoms with Gasteiger partial charge in [-0.25, -0.2) is 45.5 Å². The summed E-state index contributed by atoms with van der Waals surface area (Å²) < 4.78 is 199. The molecule has 2 aromatic rings. The van der Waals surface area contributed by atoms with E-state index in [1.807, 2.05) is 0 Å². The third-order valence-corrected chi connectivity index (χ3v) is 5.37. The molecule has 19 heteroatoms. The summed E-state index contributed by atoms with van der Waals surface area (Å²) in [4.78, 5) is 47.1. The van der Waals surface area contributed by atoms with Crippen molar-refractivity contribution in [3.8, 4) is 11.5 Å². The van der Waals surface area contributed by atoms with E-state index >= 15 is 0 Å². The Kier molecular flexibility index (Phi) is 14.6. The van der Waals surface area contributed by atoms with E-state index in [0.717, 1.165) is 0 Å². The zero-order chi connectivity index (χ0) is 45.0. The molecular weight excluding hydrogens is 712 g/mol. The summed E-state index contributed by atoms with van der Waals surface area (Å²) in [6.45, 7) is 8.44. The van der Waals surface area contributed by atoms with Crippen LogP contribution in [0.3, 0.4) is 0 Å². The summed E-state index contributed by atoms with van der Waals surface area (Å²) in [5.41, 5.74) is -10.6. The first-order chi connectivity index (χ1) is 25.0. The third kappa shape index (κ3) is 10.8. The molecule has 2 aromatic carbocycles. The number of alkyl halides is 12. The SMILES string of the molecule is O=C1OC(=O)c2cc3c(cc21)Oc1cc2c(cc1C3(C(F)(F)F)C(F)(F)F)C(=O)OC2=O.[2H]C(C)(F)F.[2H]C(C)(F)F.[2H]C(C)(F)F.[2H]CC.[2H]CC.[2H]CC. The lowest BCUT2D eigenvalue weighted by molar-refractivity contribution is -0.290. The molecule has 0 atom stereocenters. The number of hydrogen-bond acceptors (Lipinski definition) is 7. The van der Waals surface area contributed by atoms with Crippen molar-refractivity contribution in [2.45, 2.75) is 99.2 Å². The summed E-state index contributed by atoms with van der Waals surface area (Å²) in [7, 11) is 0. The molecule has 0 saturated carbocycles. The first-order valence-corrected chi connectivity index (χ1v) is 13.2. The molecule has 0 amide bonds. The van der Waals surface area contributed by atoms with Gasteiger partial charge in [0.25, 0.3) is 0 Å². The van der Waals surface area contributed by atoms with Crippen molar-refractivity contribution in [1.29, 1.82) is 0 Å². The van der Waals surface area contributed by atoms with Crippen molar-refractivity contribution >= 4 is 23.9 Å². The van der Waals surface area contributed by atoms with Gasteiger partial charge in [-0.2, -0.15) is 26.3 Å². The highest BCUT2D eigenvalue weighted by atomic mass is 19.4. The summed E-state index contributed by atoms with van der Waals surface area (Å²) in [5, 5.41) is 0. The minimum absolute atomic E-state index is 0.235. The predicted octanol–water partition coefficient (Wildman–Crippen LogP) is 10.7. The van der Waals surface area contributed by atoms with Crippen LogP contribution in [0.25, 0.3) is 0 Å². The maximum atomic E-state index is 14.4. The van der Waals surface area contributed by atoms with Crippen LogP contribution in [0, 0.1) is 0 Å². The Bertz CT molecular complexity index is 1520. The van der Waals surface area contributed by atoms with Crippen LogP contribution in [0.15, 0.2) is 24.3 Å². The van der Waals surface area contributed by atoms with Crippen LogP contribution >= 0.6 is 0 Å². The Morgan fingerprint density at radius 3 is 0.940 bits per heavy atom. The van der Waals surface area contributed by atoms with Crippen molar-refractivity contribution < 1.29 is 94.3 Å². The Hall–Kier alpha value is -4.32. The van der Waals surface area contributed by atoms with Crippen molar-refractivity contribution in [2.75, 3.05) is 0 Å². The topological polar surface area (TPSA) is 96.0 Å². The molecule has 0 saturated heterocycles. The molecule has 7 nitrogen and oxygen atoms in total. The van der Waals surface area contributed by atoms with Gasteiger partial charge in [0.1, 0.15) is 15.6 Å². The highest BCUT2D eigenvalue weighted by molar-refractivity contribution is 6.16. The van der Waals surface area contributed by atoms with E-state index in [2.05, 4.69) is 9.47 Å². The maximum absolute atomic E-state index is 14.4.